The molecule has 0 bridgehead atoms. The second-order valence-electron chi connectivity index (χ2n) is 9.95. The Morgan fingerprint density at radius 3 is 2.48 bits per heavy atom. The van der Waals surface area contributed by atoms with Gasteiger partial charge in [0.15, 0.2) is 0 Å². The van der Waals surface area contributed by atoms with Gasteiger partial charge in [-0.1, -0.05) is 49.4 Å². The molecule has 10 heteroatoms. The highest BCUT2D eigenvalue weighted by atomic mass is 32.2. The number of pyridine rings is 1. The van der Waals surface area contributed by atoms with E-state index in [2.05, 4.69) is 4.98 Å². The average molecular weight is 566 g/mol. The van der Waals surface area contributed by atoms with Gasteiger partial charge < -0.3 is 19.5 Å². The van der Waals surface area contributed by atoms with Crippen molar-refractivity contribution in [2.75, 3.05) is 33.9 Å². The molecule has 4 rings (SSSR count). The monoisotopic (exact) mass is 565 g/mol. The van der Waals surface area contributed by atoms with Crippen LogP contribution in [-0.4, -0.2) is 79.6 Å². The van der Waals surface area contributed by atoms with Crippen LogP contribution < -0.4 is 9.47 Å². The van der Waals surface area contributed by atoms with Gasteiger partial charge in [0, 0.05) is 25.7 Å². The number of fused-ring (bicyclic) bond motifs is 1. The van der Waals surface area contributed by atoms with E-state index < -0.39 is 22.2 Å². The van der Waals surface area contributed by atoms with Crippen LogP contribution >= 0.6 is 0 Å². The number of sulfonamides is 1. The number of benzene rings is 2. The molecule has 0 saturated heterocycles. The van der Waals surface area contributed by atoms with Crippen LogP contribution in [0.2, 0.25) is 0 Å². The van der Waals surface area contributed by atoms with Crippen LogP contribution in [-0.2, 0) is 10.0 Å². The Balaban J connectivity index is 1.65. The minimum Gasteiger partial charge on any atom is -0.497 e. The first-order chi connectivity index (χ1) is 19.1. The van der Waals surface area contributed by atoms with Crippen molar-refractivity contribution in [3.05, 3.63) is 83.6 Å². The number of nitrogens with zero attached hydrogens (tertiary/aromatic N) is 3. The summed E-state index contributed by atoms with van der Waals surface area (Å²) in [6.07, 6.45) is 4.79. The van der Waals surface area contributed by atoms with Gasteiger partial charge in [0.2, 0.25) is 15.9 Å². The Hall–Kier alpha value is -3.73. The van der Waals surface area contributed by atoms with E-state index in [1.807, 2.05) is 49.4 Å². The van der Waals surface area contributed by atoms with E-state index in [1.54, 1.807) is 36.2 Å². The number of aliphatic hydroxyl groups is 1. The fourth-order valence-electron chi connectivity index (χ4n) is 4.46. The Labute approximate surface area is 235 Å². The summed E-state index contributed by atoms with van der Waals surface area (Å²) >= 11 is 0. The van der Waals surface area contributed by atoms with Gasteiger partial charge in [0.1, 0.15) is 17.4 Å². The van der Waals surface area contributed by atoms with Crippen LogP contribution in [0.5, 0.6) is 11.6 Å². The minimum atomic E-state index is -3.82. The van der Waals surface area contributed by atoms with Crippen molar-refractivity contribution in [1.29, 1.82) is 0 Å². The summed E-state index contributed by atoms with van der Waals surface area (Å²) in [5, 5.41) is 9.90. The lowest BCUT2D eigenvalue weighted by Crippen LogP contribution is -2.50. The molecule has 1 aromatic heterocycles. The summed E-state index contributed by atoms with van der Waals surface area (Å²) in [6.45, 7) is 3.75. The third kappa shape index (κ3) is 6.52. The lowest BCUT2D eigenvalue weighted by Gasteiger charge is -2.37. The highest BCUT2D eigenvalue weighted by Crippen LogP contribution is 2.29. The number of aromatic nitrogens is 1. The summed E-state index contributed by atoms with van der Waals surface area (Å²) in [5.74, 6) is 0.119. The first-order valence-corrected chi connectivity index (χ1v) is 14.5. The predicted molar refractivity (Wildman–Crippen MR) is 154 cm³/mol. The van der Waals surface area contributed by atoms with Crippen LogP contribution in [0.1, 0.15) is 35.3 Å². The van der Waals surface area contributed by atoms with E-state index in [1.165, 1.54) is 30.6 Å². The third-order valence-electron chi connectivity index (χ3n) is 7.01. The number of amides is 1. The quantitative estimate of drug-likeness (QED) is 0.420. The van der Waals surface area contributed by atoms with Crippen molar-refractivity contribution in [2.24, 2.45) is 5.92 Å². The number of carbonyl (C=O) groups is 1. The molecule has 0 spiro atoms. The van der Waals surface area contributed by atoms with Gasteiger partial charge in [-0.25, -0.2) is 13.4 Å². The zero-order valence-electron chi connectivity index (χ0n) is 23.1. The average Bonchev–Trinajstić information content (AvgIpc) is 2.98. The van der Waals surface area contributed by atoms with Crippen molar-refractivity contribution >= 4 is 28.1 Å². The number of hydrogen-bond donors (Lipinski definition) is 1. The summed E-state index contributed by atoms with van der Waals surface area (Å²) in [6, 6.07) is 17.2. The molecule has 0 aliphatic carbocycles. The first kappa shape index (κ1) is 29.3. The molecule has 0 fully saturated rings. The zero-order chi connectivity index (χ0) is 28.9. The van der Waals surface area contributed by atoms with Gasteiger partial charge in [-0.15, -0.1) is 0 Å². The molecule has 212 valence electrons. The highest BCUT2D eigenvalue weighted by Gasteiger charge is 2.35. The SMILES string of the molecule is COc1ccc(S(=O)(=O)N(C)C[C@@H]2Oc3ncc(/C=C/c4ccccc4)cc3C(=O)N([C@H](C)CO)C[C@H]2C)cc1. The molecule has 9 nitrogen and oxygen atoms in total. The van der Waals surface area contributed by atoms with E-state index in [4.69, 9.17) is 9.47 Å². The van der Waals surface area contributed by atoms with Crippen LogP contribution in [0.25, 0.3) is 12.2 Å². The number of methoxy groups -OCH3 is 1. The van der Waals surface area contributed by atoms with Gasteiger partial charge in [-0.3, -0.25) is 4.79 Å². The molecule has 0 unspecified atom stereocenters. The fourth-order valence-corrected chi connectivity index (χ4v) is 5.65. The summed E-state index contributed by atoms with van der Waals surface area (Å²) in [4.78, 5) is 19.8. The molecule has 0 saturated carbocycles. The maximum Gasteiger partial charge on any atom is 0.259 e. The lowest BCUT2D eigenvalue weighted by atomic mass is 10.00. The second kappa shape index (κ2) is 12.6. The predicted octanol–water partition coefficient (Wildman–Crippen LogP) is 3.80. The third-order valence-corrected chi connectivity index (χ3v) is 8.85. The van der Waals surface area contributed by atoms with Crippen molar-refractivity contribution < 1.29 is 27.8 Å². The Morgan fingerprint density at radius 2 is 1.82 bits per heavy atom. The number of likely N-dealkylation sites (N-methyl/N-ethyl adjacent to an activating group) is 1. The minimum absolute atomic E-state index is 0.0296. The molecule has 3 aromatic rings. The Bertz CT molecular complexity index is 1440. The smallest absolute Gasteiger partial charge is 0.259 e. The zero-order valence-corrected chi connectivity index (χ0v) is 23.9. The number of ether oxygens (including phenoxy) is 2. The van der Waals surface area contributed by atoms with Crippen molar-refractivity contribution in [2.45, 2.75) is 30.9 Å². The van der Waals surface area contributed by atoms with Gasteiger partial charge in [0.05, 0.1) is 31.2 Å². The number of hydrogen-bond acceptors (Lipinski definition) is 7. The van der Waals surface area contributed by atoms with Gasteiger partial charge >= 0.3 is 0 Å². The summed E-state index contributed by atoms with van der Waals surface area (Å²) in [5.41, 5.74) is 1.97. The summed E-state index contributed by atoms with van der Waals surface area (Å²) in [7, 11) is -0.807. The number of rotatable bonds is 9. The van der Waals surface area contributed by atoms with Crippen molar-refractivity contribution in [3.8, 4) is 11.6 Å². The topological polar surface area (TPSA) is 109 Å². The van der Waals surface area contributed by atoms with E-state index in [-0.39, 0.29) is 47.9 Å². The molecule has 3 atom stereocenters. The van der Waals surface area contributed by atoms with Crippen LogP contribution in [0.4, 0.5) is 0 Å². The largest absolute Gasteiger partial charge is 0.497 e. The lowest BCUT2D eigenvalue weighted by molar-refractivity contribution is 0.0373. The van der Waals surface area contributed by atoms with Gasteiger partial charge in [0.25, 0.3) is 5.91 Å². The van der Waals surface area contributed by atoms with E-state index in [9.17, 15) is 18.3 Å². The molecule has 1 amide bonds. The molecular weight excluding hydrogens is 530 g/mol. The van der Waals surface area contributed by atoms with Gasteiger partial charge in [-0.2, -0.15) is 4.31 Å². The molecular formula is C30H35N3O6S. The van der Waals surface area contributed by atoms with E-state index in [0.29, 0.717) is 11.3 Å². The normalized spacial score (nSPS) is 18.6. The van der Waals surface area contributed by atoms with E-state index >= 15 is 0 Å². The number of carbonyl (C=O) groups excluding carboxylic acids is 1. The van der Waals surface area contributed by atoms with Crippen molar-refractivity contribution in [3.63, 3.8) is 0 Å². The molecule has 2 heterocycles. The number of aliphatic hydroxyl groups excluding tert-OH is 1. The highest BCUT2D eigenvalue weighted by molar-refractivity contribution is 7.89. The molecule has 1 aliphatic heterocycles. The fraction of sp³-hybridized carbons (Fsp3) is 0.333. The van der Waals surface area contributed by atoms with Gasteiger partial charge in [-0.05, 0) is 48.4 Å². The van der Waals surface area contributed by atoms with Crippen molar-refractivity contribution in [1.82, 2.24) is 14.2 Å². The van der Waals surface area contributed by atoms with Crippen LogP contribution in [0.15, 0.2) is 71.8 Å². The molecule has 2 aromatic carbocycles. The molecule has 1 N–H and O–H groups in total. The first-order valence-electron chi connectivity index (χ1n) is 13.1. The van der Waals surface area contributed by atoms with E-state index in [0.717, 1.165) is 5.56 Å². The maximum atomic E-state index is 13.6. The molecule has 0 radical (unpaired) electrons. The molecule has 1 aliphatic rings. The Kier molecular flexibility index (Phi) is 9.24. The second-order valence-corrected chi connectivity index (χ2v) is 12.0. The maximum absolute atomic E-state index is 13.6. The summed E-state index contributed by atoms with van der Waals surface area (Å²) < 4.78 is 39.3. The van der Waals surface area contributed by atoms with Crippen LogP contribution in [0, 0.1) is 5.92 Å². The molecule has 40 heavy (non-hydrogen) atoms. The standard InChI is InChI=1S/C30H35N3O6S/c1-21-18-33(22(2)20-34)30(35)27-16-24(11-10-23-8-6-5-7-9-23)17-31-29(27)39-28(21)19-32(3)40(36,37)26-14-12-25(38-4)13-15-26/h5-17,21-22,28,34H,18-20H2,1-4H3/b11-10+/t21-,22-,28+/m1/s1. The van der Waals surface area contributed by atoms with Crippen LogP contribution in [0.3, 0.4) is 0 Å². The Morgan fingerprint density at radius 1 is 1.15 bits per heavy atom.